The minimum Gasteiger partial charge on any atom is -0.509 e. The molecular weight excluding hydrogens is 430 g/mol. The summed E-state index contributed by atoms with van der Waals surface area (Å²) >= 11 is 0. The number of hydrogen-bond acceptors (Lipinski definition) is 9. The summed E-state index contributed by atoms with van der Waals surface area (Å²) in [5.41, 5.74) is 2.97. The Balaban J connectivity index is 2.10. The molecule has 0 bridgehead atoms. The summed E-state index contributed by atoms with van der Waals surface area (Å²) in [5.74, 6) is -7.12. The fraction of sp³-hybridized carbons (Fsp3) is 0.435. The Kier molecular flexibility index (Phi) is 5.15. The average Bonchev–Trinajstić information content (AvgIpc) is 2.73. The standard InChI is InChI=1S/C23H27N3O7/c1-8-9-6-5-7-10(27)12(9)17(28)13-11(8)18(29)15-16(26(3)4)19(30)14(22(24)33)21(32)23(15,25-2)20(13)31/h5-8,11,15-16,18,25,27-29,32H,1-4H3,(H2,24,33)/t8-,11+,15-,16-,18+,23?/m0/s1. The summed E-state index contributed by atoms with van der Waals surface area (Å²) in [6.07, 6.45) is -1.40. The lowest BCUT2D eigenvalue weighted by Gasteiger charge is -2.55. The first kappa shape index (κ1) is 23.0. The van der Waals surface area contributed by atoms with Crippen molar-refractivity contribution in [3.8, 4) is 5.75 Å². The van der Waals surface area contributed by atoms with Crippen LogP contribution in [0.3, 0.4) is 0 Å². The van der Waals surface area contributed by atoms with E-state index in [1.165, 1.54) is 18.0 Å². The smallest absolute Gasteiger partial charge is 0.255 e. The van der Waals surface area contributed by atoms with Gasteiger partial charge in [-0.25, -0.2) is 0 Å². The quantitative estimate of drug-likeness (QED) is 0.334. The molecule has 1 fully saturated rings. The number of carbonyl (C=O) groups excluding carboxylic acids is 3. The number of likely N-dealkylation sites (N-methyl/N-ethyl adjacent to an activating group) is 2. The molecular formula is C23H27N3O7. The number of nitrogens with zero attached hydrogens (tertiary/aromatic N) is 1. The van der Waals surface area contributed by atoms with E-state index in [1.807, 2.05) is 0 Å². The zero-order chi connectivity index (χ0) is 24.6. The fourth-order valence-electron chi connectivity index (χ4n) is 6.01. The molecule has 1 unspecified atom stereocenters. The molecule has 1 amide bonds. The number of phenolic OH excluding ortho intramolecular Hbond substituents is 1. The first-order chi connectivity index (χ1) is 15.4. The van der Waals surface area contributed by atoms with Gasteiger partial charge in [-0.2, -0.15) is 0 Å². The number of hydrogen-bond donors (Lipinski definition) is 6. The monoisotopic (exact) mass is 457 g/mol. The normalized spacial score (nSPS) is 33.7. The van der Waals surface area contributed by atoms with Crippen molar-refractivity contribution in [3.05, 3.63) is 46.2 Å². The van der Waals surface area contributed by atoms with Gasteiger partial charge in [0.05, 0.1) is 17.7 Å². The Morgan fingerprint density at radius 2 is 1.82 bits per heavy atom. The van der Waals surface area contributed by atoms with Gasteiger partial charge in [-0.05, 0) is 38.7 Å². The highest BCUT2D eigenvalue weighted by atomic mass is 16.3. The molecule has 0 aromatic heterocycles. The third-order valence-corrected chi connectivity index (χ3v) is 7.43. The Morgan fingerprint density at radius 3 is 2.36 bits per heavy atom. The van der Waals surface area contributed by atoms with Crippen LogP contribution in [0, 0.1) is 11.8 Å². The highest BCUT2D eigenvalue weighted by Crippen LogP contribution is 2.55. The fourth-order valence-corrected chi connectivity index (χ4v) is 6.01. The second-order valence-corrected chi connectivity index (χ2v) is 9.08. The summed E-state index contributed by atoms with van der Waals surface area (Å²) in [7, 11) is 4.47. The van der Waals surface area contributed by atoms with Gasteiger partial charge in [-0.3, -0.25) is 19.3 Å². The Hall–Kier alpha value is -3.21. The molecule has 0 saturated heterocycles. The summed E-state index contributed by atoms with van der Waals surface area (Å²) in [5, 5.41) is 47.0. The van der Waals surface area contributed by atoms with E-state index in [2.05, 4.69) is 5.32 Å². The third-order valence-electron chi connectivity index (χ3n) is 7.43. The van der Waals surface area contributed by atoms with Crippen molar-refractivity contribution in [3.63, 3.8) is 0 Å². The summed E-state index contributed by atoms with van der Waals surface area (Å²) in [6.45, 7) is 1.75. The second-order valence-electron chi connectivity index (χ2n) is 9.08. The van der Waals surface area contributed by atoms with Crippen molar-refractivity contribution in [2.45, 2.75) is 30.5 Å². The Bertz CT molecular complexity index is 1150. The lowest BCUT2D eigenvalue weighted by atomic mass is 9.53. The van der Waals surface area contributed by atoms with Crippen molar-refractivity contribution in [1.29, 1.82) is 0 Å². The minimum atomic E-state index is -2.10. The largest absolute Gasteiger partial charge is 0.509 e. The molecule has 0 heterocycles. The Labute approximate surface area is 190 Å². The molecule has 33 heavy (non-hydrogen) atoms. The lowest BCUT2D eigenvalue weighted by molar-refractivity contribution is -0.145. The summed E-state index contributed by atoms with van der Waals surface area (Å²) < 4.78 is 0. The first-order valence-corrected chi connectivity index (χ1v) is 10.5. The predicted molar refractivity (Wildman–Crippen MR) is 117 cm³/mol. The van der Waals surface area contributed by atoms with Crippen molar-refractivity contribution in [2.75, 3.05) is 21.1 Å². The Morgan fingerprint density at radius 1 is 1.18 bits per heavy atom. The van der Waals surface area contributed by atoms with E-state index in [4.69, 9.17) is 5.73 Å². The van der Waals surface area contributed by atoms with Crippen LogP contribution in [0.5, 0.6) is 5.75 Å². The van der Waals surface area contributed by atoms with Crippen LogP contribution >= 0.6 is 0 Å². The molecule has 1 aromatic rings. The maximum absolute atomic E-state index is 14.1. The van der Waals surface area contributed by atoms with Crippen LogP contribution in [0.4, 0.5) is 0 Å². The molecule has 0 radical (unpaired) electrons. The van der Waals surface area contributed by atoms with Crippen LogP contribution in [0.15, 0.2) is 35.1 Å². The van der Waals surface area contributed by atoms with Gasteiger partial charge in [0.1, 0.15) is 28.4 Å². The molecule has 10 heteroatoms. The van der Waals surface area contributed by atoms with Gasteiger partial charge in [0.15, 0.2) is 11.6 Å². The van der Waals surface area contributed by atoms with Gasteiger partial charge in [0.25, 0.3) is 5.91 Å². The van der Waals surface area contributed by atoms with Crippen LogP contribution in [-0.2, 0) is 14.4 Å². The number of aliphatic hydroxyl groups is 3. The van der Waals surface area contributed by atoms with Crippen molar-refractivity contribution in [2.24, 2.45) is 17.6 Å². The summed E-state index contributed by atoms with van der Waals surface area (Å²) in [6, 6.07) is 3.48. The van der Waals surface area contributed by atoms with Crippen LogP contribution in [0.25, 0.3) is 5.76 Å². The number of rotatable bonds is 3. The number of benzene rings is 1. The number of Topliss-reactive ketones (excluding diaryl/α,β-unsaturated/α-hetero) is 2. The molecule has 1 saturated carbocycles. The molecule has 3 aliphatic carbocycles. The number of carbonyl (C=O) groups is 3. The second kappa shape index (κ2) is 7.41. The number of nitrogens with two attached hydrogens (primary N) is 1. The SMILES string of the molecule is CNC12C(=O)C3=C(O)c4c(O)cccc4[C@H](C)[C@H]3[C@@H](O)[C@@H]1[C@H](N(C)C)C(=O)C(C(N)=O)=C2O. The van der Waals surface area contributed by atoms with Gasteiger partial charge in [0, 0.05) is 17.4 Å². The van der Waals surface area contributed by atoms with Crippen LogP contribution in [0.1, 0.15) is 24.0 Å². The average molecular weight is 457 g/mol. The number of aliphatic hydroxyl groups excluding tert-OH is 3. The number of amides is 1. The molecule has 4 rings (SSSR count). The molecule has 6 atom stereocenters. The number of aromatic hydroxyl groups is 1. The van der Waals surface area contributed by atoms with Gasteiger partial charge < -0.3 is 31.5 Å². The first-order valence-electron chi connectivity index (χ1n) is 10.5. The van der Waals surface area contributed by atoms with Crippen molar-refractivity contribution >= 4 is 23.2 Å². The molecule has 3 aliphatic rings. The maximum Gasteiger partial charge on any atom is 0.255 e. The number of nitrogens with one attached hydrogen (secondary N) is 1. The van der Waals surface area contributed by atoms with Gasteiger partial charge in [-0.15, -0.1) is 0 Å². The van der Waals surface area contributed by atoms with E-state index in [9.17, 15) is 34.8 Å². The molecule has 0 aliphatic heterocycles. The highest BCUT2D eigenvalue weighted by Gasteiger charge is 2.68. The number of primary amides is 1. The van der Waals surface area contributed by atoms with Crippen LogP contribution in [0.2, 0.25) is 0 Å². The number of phenols is 1. The van der Waals surface area contributed by atoms with E-state index >= 15 is 0 Å². The lowest BCUT2D eigenvalue weighted by Crippen LogP contribution is -2.74. The van der Waals surface area contributed by atoms with E-state index in [1.54, 1.807) is 33.2 Å². The molecule has 7 N–H and O–H groups in total. The highest BCUT2D eigenvalue weighted by molar-refractivity contribution is 6.25. The van der Waals surface area contributed by atoms with Gasteiger partial charge in [0.2, 0.25) is 0 Å². The van der Waals surface area contributed by atoms with Crippen LogP contribution in [-0.4, -0.2) is 81.6 Å². The number of fused-ring (bicyclic) bond motifs is 3. The minimum absolute atomic E-state index is 0.0659. The van der Waals surface area contributed by atoms with Crippen LogP contribution < -0.4 is 11.1 Å². The van der Waals surface area contributed by atoms with E-state index in [0.29, 0.717) is 5.56 Å². The molecule has 0 spiro atoms. The zero-order valence-electron chi connectivity index (χ0n) is 18.7. The third kappa shape index (κ3) is 2.68. The van der Waals surface area contributed by atoms with Gasteiger partial charge >= 0.3 is 0 Å². The topological polar surface area (TPSA) is 173 Å². The number of ketones is 2. The van der Waals surface area contributed by atoms with E-state index in [0.717, 1.165) is 0 Å². The van der Waals surface area contributed by atoms with E-state index < -0.39 is 70.0 Å². The van der Waals surface area contributed by atoms with Crippen molar-refractivity contribution in [1.82, 2.24) is 10.2 Å². The molecule has 1 aromatic carbocycles. The van der Waals surface area contributed by atoms with E-state index in [-0.39, 0.29) is 16.9 Å². The zero-order valence-corrected chi connectivity index (χ0v) is 18.7. The molecule has 176 valence electrons. The predicted octanol–water partition coefficient (Wildman–Crippen LogP) is -0.277. The maximum atomic E-state index is 14.1. The van der Waals surface area contributed by atoms with Crippen molar-refractivity contribution < 1.29 is 34.8 Å². The van der Waals surface area contributed by atoms with Gasteiger partial charge in [-0.1, -0.05) is 19.1 Å². The molecule has 10 nitrogen and oxygen atoms in total. The summed E-state index contributed by atoms with van der Waals surface area (Å²) in [4.78, 5) is 40.9.